The molecule has 19 heavy (non-hydrogen) atoms. The van der Waals surface area contributed by atoms with Crippen LogP contribution in [0.5, 0.6) is 0 Å². The van der Waals surface area contributed by atoms with E-state index in [1.165, 1.54) is 31.2 Å². The lowest BCUT2D eigenvalue weighted by Crippen LogP contribution is -2.38. The molecule has 0 aliphatic rings. The van der Waals surface area contributed by atoms with Crippen molar-refractivity contribution in [3.8, 4) is 0 Å². The van der Waals surface area contributed by atoms with Crippen LogP contribution in [0, 0.1) is 0 Å². The molecule has 2 aromatic carbocycles. The lowest BCUT2D eigenvalue weighted by atomic mass is 10.1. The van der Waals surface area contributed by atoms with Crippen molar-refractivity contribution in [1.29, 1.82) is 0 Å². The highest BCUT2D eigenvalue weighted by atomic mass is 32.2. The summed E-state index contributed by atoms with van der Waals surface area (Å²) < 4.78 is 4.57. The number of carbonyl (C=O) groups is 1. The van der Waals surface area contributed by atoms with Crippen molar-refractivity contribution in [2.75, 3.05) is 12.9 Å². The van der Waals surface area contributed by atoms with Gasteiger partial charge in [-0.15, -0.1) is 11.8 Å². The molecule has 0 saturated heterocycles. The topological polar surface area (TPSA) is 46.5 Å². The first kappa shape index (κ1) is 13.9. The Morgan fingerprint density at radius 2 is 1.95 bits per heavy atom. The normalized spacial score (nSPS) is 14.1. The highest BCUT2D eigenvalue weighted by Crippen LogP contribution is 2.26. The molecule has 0 radical (unpaired) electrons. The fourth-order valence-corrected chi connectivity index (χ4v) is 2.70. The molecule has 1 atom stereocenters. The van der Waals surface area contributed by atoms with Gasteiger partial charge in [0.05, 0.1) is 7.11 Å². The Bertz CT molecular complexity index is 593. The molecule has 1 unspecified atom stereocenters. The summed E-state index contributed by atoms with van der Waals surface area (Å²) in [6.07, 6.45) is 0. The number of fused-ring (bicyclic) bond motifs is 1. The molecule has 0 aromatic heterocycles. The minimum Gasteiger partial charge on any atom is -0.467 e. The first-order chi connectivity index (χ1) is 9.03. The Labute approximate surface area is 116 Å². The van der Waals surface area contributed by atoms with Gasteiger partial charge >= 0.3 is 5.97 Å². The first-order valence-corrected chi connectivity index (χ1v) is 6.94. The van der Waals surface area contributed by atoms with E-state index in [9.17, 15) is 9.90 Å². The van der Waals surface area contributed by atoms with Crippen LogP contribution in [0.4, 0.5) is 0 Å². The molecule has 0 bridgehead atoms. The summed E-state index contributed by atoms with van der Waals surface area (Å²) in [5.74, 6) is -0.348. The number of aliphatic hydroxyl groups is 1. The summed E-state index contributed by atoms with van der Waals surface area (Å²) in [5, 5.41) is 12.3. The number of carbonyl (C=O) groups excluding carboxylic acids is 1. The molecule has 0 saturated carbocycles. The number of thioether (sulfide) groups is 1. The Morgan fingerprint density at radius 1 is 1.26 bits per heavy atom. The fourth-order valence-electron chi connectivity index (χ4n) is 1.76. The van der Waals surface area contributed by atoms with Crippen LogP contribution < -0.4 is 0 Å². The van der Waals surface area contributed by atoms with Gasteiger partial charge in [-0.1, -0.05) is 30.3 Å². The van der Waals surface area contributed by atoms with E-state index in [-0.39, 0.29) is 5.75 Å². The molecule has 0 aliphatic carbocycles. The number of rotatable bonds is 4. The van der Waals surface area contributed by atoms with Gasteiger partial charge in [-0.3, -0.25) is 0 Å². The maximum Gasteiger partial charge on any atom is 0.338 e. The summed E-state index contributed by atoms with van der Waals surface area (Å²) in [6.45, 7) is 1.47. The second-order valence-corrected chi connectivity index (χ2v) is 5.61. The van der Waals surface area contributed by atoms with Crippen molar-refractivity contribution in [2.45, 2.75) is 17.4 Å². The van der Waals surface area contributed by atoms with Gasteiger partial charge in [0.1, 0.15) is 0 Å². The number of benzene rings is 2. The molecule has 2 rings (SSSR count). The van der Waals surface area contributed by atoms with Crippen LogP contribution in [-0.2, 0) is 9.53 Å². The Balaban J connectivity index is 2.12. The number of esters is 1. The van der Waals surface area contributed by atoms with Gasteiger partial charge in [-0.25, -0.2) is 4.79 Å². The van der Waals surface area contributed by atoms with Gasteiger partial charge in [0, 0.05) is 10.6 Å². The first-order valence-electron chi connectivity index (χ1n) is 5.95. The van der Waals surface area contributed by atoms with Crippen molar-refractivity contribution in [3.05, 3.63) is 42.5 Å². The van der Waals surface area contributed by atoms with E-state index in [1.54, 1.807) is 0 Å². The van der Waals surface area contributed by atoms with E-state index in [2.05, 4.69) is 4.74 Å². The Morgan fingerprint density at radius 3 is 2.63 bits per heavy atom. The van der Waals surface area contributed by atoms with Gasteiger partial charge < -0.3 is 9.84 Å². The third kappa shape index (κ3) is 3.28. The second kappa shape index (κ2) is 5.63. The minimum atomic E-state index is -1.47. The van der Waals surface area contributed by atoms with Crippen LogP contribution in [0.15, 0.2) is 47.4 Å². The number of hydrogen-bond donors (Lipinski definition) is 1. The van der Waals surface area contributed by atoms with Crippen molar-refractivity contribution >= 4 is 28.5 Å². The Kier molecular flexibility index (Phi) is 4.12. The molecule has 0 fully saturated rings. The summed E-state index contributed by atoms with van der Waals surface area (Å²) in [5.41, 5.74) is -1.47. The highest BCUT2D eigenvalue weighted by molar-refractivity contribution is 7.99. The molecule has 0 spiro atoms. The summed E-state index contributed by atoms with van der Waals surface area (Å²) in [7, 11) is 1.28. The zero-order valence-corrected chi connectivity index (χ0v) is 11.7. The average molecular weight is 276 g/mol. The average Bonchev–Trinajstić information content (AvgIpc) is 2.44. The molecule has 0 heterocycles. The van der Waals surface area contributed by atoms with Crippen molar-refractivity contribution < 1.29 is 14.6 Å². The molecule has 4 heteroatoms. The molecule has 0 aliphatic heterocycles. The van der Waals surface area contributed by atoms with Gasteiger partial charge in [-0.2, -0.15) is 0 Å². The maximum absolute atomic E-state index is 11.4. The van der Waals surface area contributed by atoms with E-state index in [0.29, 0.717) is 0 Å². The van der Waals surface area contributed by atoms with Gasteiger partial charge in [0.2, 0.25) is 0 Å². The second-order valence-electron chi connectivity index (χ2n) is 4.56. The van der Waals surface area contributed by atoms with Crippen LogP contribution in [0.25, 0.3) is 10.8 Å². The van der Waals surface area contributed by atoms with Crippen LogP contribution in [0.2, 0.25) is 0 Å². The quantitative estimate of drug-likeness (QED) is 0.689. The molecule has 2 aromatic rings. The molecule has 3 nitrogen and oxygen atoms in total. The van der Waals surface area contributed by atoms with E-state index < -0.39 is 11.6 Å². The van der Waals surface area contributed by atoms with E-state index in [0.717, 1.165) is 10.3 Å². The van der Waals surface area contributed by atoms with E-state index >= 15 is 0 Å². The maximum atomic E-state index is 11.4. The number of methoxy groups -OCH3 is 1. The summed E-state index contributed by atoms with van der Waals surface area (Å²) in [4.78, 5) is 12.4. The predicted octanol–water partition coefficient (Wildman–Crippen LogP) is 2.86. The van der Waals surface area contributed by atoms with Crippen LogP contribution >= 0.6 is 11.8 Å². The van der Waals surface area contributed by atoms with Crippen molar-refractivity contribution in [2.24, 2.45) is 0 Å². The van der Waals surface area contributed by atoms with Crippen molar-refractivity contribution in [1.82, 2.24) is 0 Å². The minimum absolute atomic E-state index is 0.262. The lowest BCUT2D eigenvalue weighted by Gasteiger charge is -2.19. The van der Waals surface area contributed by atoms with Gasteiger partial charge in [0.15, 0.2) is 5.60 Å². The third-order valence-corrected chi connectivity index (χ3v) is 4.16. The summed E-state index contributed by atoms with van der Waals surface area (Å²) >= 11 is 1.44. The Hall–Kier alpha value is -1.52. The molecular formula is C15H16O3S. The smallest absolute Gasteiger partial charge is 0.338 e. The standard InChI is InChI=1S/C15H16O3S/c1-15(17,14(16)18-2)10-19-13-8-7-11-5-3-4-6-12(11)9-13/h3-9,17H,10H2,1-2H3. The van der Waals surface area contributed by atoms with E-state index in [1.807, 2.05) is 42.5 Å². The van der Waals surface area contributed by atoms with E-state index in [4.69, 9.17) is 0 Å². The zero-order chi connectivity index (χ0) is 13.9. The molecule has 0 amide bonds. The molecular weight excluding hydrogens is 260 g/mol. The van der Waals surface area contributed by atoms with Crippen LogP contribution in [-0.4, -0.2) is 29.5 Å². The predicted molar refractivity (Wildman–Crippen MR) is 77.3 cm³/mol. The monoisotopic (exact) mass is 276 g/mol. The largest absolute Gasteiger partial charge is 0.467 e. The van der Waals surface area contributed by atoms with Crippen molar-refractivity contribution in [3.63, 3.8) is 0 Å². The summed E-state index contributed by atoms with van der Waals surface area (Å²) in [6, 6.07) is 14.1. The third-order valence-electron chi connectivity index (χ3n) is 2.87. The van der Waals surface area contributed by atoms with Crippen LogP contribution in [0.3, 0.4) is 0 Å². The molecule has 1 N–H and O–H groups in total. The SMILES string of the molecule is COC(=O)C(C)(O)CSc1ccc2ccccc2c1. The van der Waals surface area contributed by atoms with Gasteiger partial charge in [0.25, 0.3) is 0 Å². The fraction of sp³-hybridized carbons (Fsp3) is 0.267. The van der Waals surface area contributed by atoms with Gasteiger partial charge in [-0.05, 0) is 29.8 Å². The lowest BCUT2D eigenvalue weighted by molar-refractivity contribution is -0.158. The zero-order valence-electron chi connectivity index (χ0n) is 10.9. The highest BCUT2D eigenvalue weighted by Gasteiger charge is 2.31. The molecule has 100 valence electrons. The number of hydrogen-bond acceptors (Lipinski definition) is 4. The number of ether oxygens (including phenoxy) is 1. The van der Waals surface area contributed by atoms with Crippen LogP contribution in [0.1, 0.15) is 6.92 Å².